The number of furan rings is 1. The van der Waals surface area contributed by atoms with Crippen LogP contribution in [0.3, 0.4) is 0 Å². The Hall–Kier alpha value is -6.65. The van der Waals surface area contributed by atoms with Gasteiger partial charge in [0.1, 0.15) is 11.2 Å². The van der Waals surface area contributed by atoms with E-state index in [-0.39, 0.29) is 5.41 Å². The summed E-state index contributed by atoms with van der Waals surface area (Å²) in [5.74, 6) is 1.93. The van der Waals surface area contributed by atoms with E-state index in [1.807, 2.05) is 66.7 Å². The average Bonchev–Trinajstić information content (AvgIpc) is 3.70. The molecule has 1 aliphatic rings. The lowest BCUT2D eigenvalue weighted by atomic mass is 9.80. The van der Waals surface area contributed by atoms with Crippen molar-refractivity contribution in [2.45, 2.75) is 19.3 Å². The third kappa shape index (κ3) is 4.79. The van der Waals surface area contributed by atoms with Crippen molar-refractivity contribution in [2.75, 3.05) is 0 Å². The highest BCUT2D eigenvalue weighted by atomic mass is 16.3. The summed E-state index contributed by atoms with van der Waals surface area (Å²) in [6, 6.07) is 57.1. The molecule has 4 nitrogen and oxygen atoms in total. The van der Waals surface area contributed by atoms with Gasteiger partial charge < -0.3 is 4.42 Å². The zero-order chi connectivity index (χ0) is 34.8. The van der Waals surface area contributed by atoms with Gasteiger partial charge in [0.05, 0.1) is 0 Å². The Morgan fingerprint density at radius 2 is 0.923 bits per heavy atom. The van der Waals surface area contributed by atoms with E-state index in [1.54, 1.807) is 0 Å². The highest BCUT2D eigenvalue weighted by Crippen LogP contribution is 2.55. The molecule has 0 atom stereocenters. The molecule has 0 saturated carbocycles. The lowest BCUT2D eigenvalue weighted by Gasteiger charge is -2.23. The van der Waals surface area contributed by atoms with Crippen LogP contribution in [0.5, 0.6) is 0 Å². The van der Waals surface area contributed by atoms with Gasteiger partial charge in [-0.3, -0.25) is 0 Å². The number of hydrogen-bond donors (Lipinski definition) is 0. The molecule has 9 aromatic rings. The van der Waals surface area contributed by atoms with Crippen LogP contribution in [-0.2, 0) is 5.41 Å². The minimum atomic E-state index is -0.219. The van der Waals surface area contributed by atoms with Gasteiger partial charge in [-0.2, -0.15) is 0 Å². The molecule has 0 bridgehead atoms. The van der Waals surface area contributed by atoms with Crippen LogP contribution in [0.1, 0.15) is 25.0 Å². The van der Waals surface area contributed by atoms with Crippen molar-refractivity contribution in [1.82, 2.24) is 15.0 Å². The van der Waals surface area contributed by atoms with E-state index in [4.69, 9.17) is 19.4 Å². The van der Waals surface area contributed by atoms with Gasteiger partial charge in [-0.15, -0.1) is 0 Å². The Morgan fingerprint density at radius 3 is 1.54 bits per heavy atom. The third-order valence-corrected chi connectivity index (χ3v) is 10.5. The highest BCUT2D eigenvalue weighted by molar-refractivity contribution is 6.18. The third-order valence-electron chi connectivity index (χ3n) is 10.5. The standard InChI is InChI=1S/C48H33N3O/c1-48(2)39-28-35(30-14-6-3-7-15-30)26-27-36(39)42-40(48)29-38(44-43(42)37-20-12-13-21-41(37)52-44)31-22-24-34(25-23-31)47-50-45(32-16-8-4-9-17-32)49-46(51-47)33-18-10-5-11-19-33/h3-29H,1-2H3. The van der Waals surface area contributed by atoms with E-state index in [2.05, 4.69) is 111 Å². The van der Waals surface area contributed by atoms with Crippen LogP contribution in [-0.4, -0.2) is 15.0 Å². The Labute approximate surface area is 302 Å². The molecule has 4 heteroatoms. The minimum Gasteiger partial charge on any atom is -0.455 e. The van der Waals surface area contributed by atoms with E-state index >= 15 is 0 Å². The van der Waals surface area contributed by atoms with Gasteiger partial charge >= 0.3 is 0 Å². The maximum Gasteiger partial charge on any atom is 0.164 e. The number of nitrogens with zero attached hydrogens (tertiary/aromatic N) is 3. The van der Waals surface area contributed by atoms with E-state index < -0.39 is 0 Å². The van der Waals surface area contributed by atoms with Crippen molar-refractivity contribution in [1.29, 1.82) is 0 Å². The van der Waals surface area contributed by atoms with Gasteiger partial charge in [-0.25, -0.2) is 15.0 Å². The van der Waals surface area contributed by atoms with Crippen molar-refractivity contribution in [2.24, 2.45) is 0 Å². The Morgan fingerprint density at radius 1 is 0.423 bits per heavy atom. The molecule has 10 rings (SSSR count). The molecular weight excluding hydrogens is 635 g/mol. The van der Waals surface area contributed by atoms with Gasteiger partial charge in [0.25, 0.3) is 0 Å². The molecule has 52 heavy (non-hydrogen) atoms. The number of para-hydroxylation sites is 1. The van der Waals surface area contributed by atoms with Crippen LogP contribution >= 0.6 is 0 Å². The van der Waals surface area contributed by atoms with Crippen molar-refractivity contribution >= 4 is 21.9 Å². The summed E-state index contributed by atoms with van der Waals surface area (Å²) < 4.78 is 6.75. The zero-order valence-corrected chi connectivity index (χ0v) is 28.8. The SMILES string of the molecule is CC1(C)c2cc(-c3ccccc3)ccc2-c2c1cc(-c1ccc(-c3nc(-c4ccccc4)nc(-c4ccccc4)n3)cc1)c1oc3ccccc3c21. The molecule has 0 aliphatic heterocycles. The Kier molecular flexibility index (Phi) is 6.80. The summed E-state index contributed by atoms with van der Waals surface area (Å²) in [6.45, 7) is 4.70. The predicted octanol–water partition coefficient (Wildman–Crippen LogP) is 12.4. The smallest absolute Gasteiger partial charge is 0.164 e. The van der Waals surface area contributed by atoms with Crippen LogP contribution in [0.15, 0.2) is 168 Å². The number of benzene rings is 7. The maximum atomic E-state index is 6.75. The van der Waals surface area contributed by atoms with E-state index in [0.29, 0.717) is 17.5 Å². The molecule has 2 heterocycles. The molecule has 0 saturated heterocycles. The first-order chi connectivity index (χ1) is 25.5. The molecule has 0 radical (unpaired) electrons. The summed E-state index contributed by atoms with van der Waals surface area (Å²) in [7, 11) is 0. The first-order valence-corrected chi connectivity index (χ1v) is 17.7. The second kappa shape index (κ2) is 11.7. The summed E-state index contributed by atoms with van der Waals surface area (Å²) >= 11 is 0. The molecule has 0 unspecified atom stereocenters. The Balaban J connectivity index is 1.13. The van der Waals surface area contributed by atoms with E-state index in [9.17, 15) is 0 Å². The van der Waals surface area contributed by atoms with Gasteiger partial charge in [-0.1, -0.05) is 159 Å². The van der Waals surface area contributed by atoms with Crippen LogP contribution in [0.4, 0.5) is 0 Å². The van der Waals surface area contributed by atoms with Gasteiger partial charge in [0.15, 0.2) is 17.5 Å². The number of hydrogen-bond acceptors (Lipinski definition) is 4. The predicted molar refractivity (Wildman–Crippen MR) is 212 cm³/mol. The zero-order valence-electron chi connectivity index (χ0n) is 28.8. The summed E-state index contributed by atoms with van der Waals surface area (Å²) in [6.07, 6.45) is 0. The van der Waals surface area contributed by atoms with Crippen molar-refractivity contribution in [3.05, 3.63) is 175 Å². The lowest BCUT2D eigenvalue weighted by molar-refractivity contribution is 0.657. The molecule has 1 aliphatic carbocycles. The molecule has 7 aromatic carbocycles. The van der Waals surface area contributed by atoms with Gasteiger partial charge in [-0.05, 0) is 57.1 Å². The molecule has 246 valence electrons. The number of fused-ring (bicyclic) bond motifs is 7. The Bertz CT molecular complexity index is 2730. The summed E-state index contributed by atoms with van der Waals surface area (Å²) in [4.78, 5) is 14.8. The number of rotatable bonds is 5. The number of aromatic nitrogens is 3. The van der Waals surface area contributed by atoms with Gasteiger partial charge in [0.2, 0.25) is 0 Å². The fourth-order valence-corrected chi connectivity index (χ4v) is 7.86. The van der Waals surface area contributed by atoms with E-state index in [1.165, 1.54) is 38.8 Å². The fourth-order valence-electron chi connectivity index (χ4n) is 7.86. The van der Waals surface area contributed by atoms with Crippen LogP contribution in [0.2, 0.25) is 0 Å². The van der Waals surface area contributed by atoms with Crippen molar-refractivity contribution in [3.63, 3.8) is 0 Å². The molecule has 0 amide bonds. The monoisotopic (exact) mass is 667 g/mol. The van der Waals surface area contributed by atoms with Crippen molar-refractivity contribution in [3.8, 4) is 67.5 Å². The minimum absolute atomic E-state index is 0.219. The first-order valence-electron chi connectivity index (χ1n) is 17.7. The van der Waals surface area contributed by atoms with Crippen LogP contribution < -0.4 is 0 Å². The van der Waals surface area contributed by atoms with E-state index in [0.717, 1.165) is 44.4 Å². The van der Waals surface area contributed by atoms with Crippen molar-refractivity contribution < 1.29 is 4.42 Å². The maximum absolute atomic E-state index is 6.75. The molecule has 2 aromatic heterocycles. The second-order valence-corrected chi connectivity index (χ2v) is 14.0. The lowest BCUT2D eigenvalue weighted by Crippen LogP contribution is -2.15. The highest BCUT2D eigenvalue weighted by Gasteiger charge is 2.39. The average molecular weight is 668 g/mol. The van der Waals surface area contributed by atoms with Gasteiger partial charge in [0, 0.05) is 38.4 Å². The van der Waals surface area contributed by atoms with Crippen LogP contribution in [0, 0.1) is 0 Å². The molecular formula is C48H33N3O. The first kappa shape index (κ1) is 30.2. The van der Waals surface area contributed by atoms with Crippen LogP contribution in [0.25, 0.3) is 89.5 Å². The molecule has 0 N–H and O–H groups in total. The largest absolute Gasteiger partial charge is 0.455 e. The molecule has 0 spiro atoms. The second-order valence-electron chi connectivity index (χ2n) is 14.0. The molecule has 0 fully saturated rings. The summed E-state index contributed by atoms with van der Waals surface area (Å²) in [5, 5.41) is 2.30. The quantitative estimate of drug-likeness (QED) is 0.183. The normalized spacial score (nSPS) is 13.0. The topological polar surface area (TPSA) is 51.8 Å². The fraction of sp³-hybridized carbons (Fsp3) is 0.0625. The summed E-state index contributed by atoms with van der Waals surface area (Å²) in [5.41, 5.74) is 14.2.